The van der Waals surface area contributed by atoms with Crippen LogP contribution in [0.2, 0.25) is 0 Å². The maximum absolute atomic E-state index is 10.9. The molecular weight excluding hydrogens is 128 g/mol. The Morgan fingerprint density at radius 1 is 1.70 bits per heavy atom. The van der Waals surface area contributed by atoms with Gasteiger partial charge in [-0.25, -0.2) is 0 Å². The number of ketones is 1. The van der Waals surface area contributed by atoms with E-state index in [2.05, 4.69) is 0 Å². The van der Waals surface area contributed by atoms with Gasteiger partial charge in [0.05, 0.1) is 0 Å². The number of rotatable bonds is 3. The lowest BCUT2D eigenvalue weighted by Gasteiger charge is -2.24. The Hall–Kier alpha value is -0.370. The molecule has 2 heteroatoms. The number of hydrogen-bond acceptors (Lipinski definition) is 2. The molecule has 0 amide bonds. The molecule has 10 heavy (non-hydrogen) atoms. The molecule has 1 atom stereocenters. The first-order valence-corrected chi connectivity index (χ1v) is 3.91. The van der Waals surface area contributed by atoms with Crippen LogP contribution in [0.5, 0.6) is 0 Å². The van der Waals surface area contributed by atoms with Gasteiger partial charge in [0, 0.05) is 6.42 Å². The fraction of sp³-hybridized carbons (Fsp3) is 0.875. The van der Waals surface area contributed by atoms with Gasteiger partial charge < -0.3 is 5.11 Å². The summed E-state index contributed by atoms with van der Waals surface area (Å²) >= 11 is 0. The Balaban J connectivity index is 2.17. The predicted molar refractivity (Wildman–Crippen MR) is 38.6 cm³/mol. The highest BCUT2D eigenvalue weighted by Gasteiger charge is 2.22. The maximum atomic E-state index is 10.9. The molecular formula is C8H14O2. The third-order valence-electron chi connectivity index (χ3n) is 2.18. The van der Waals surface area contributed by atoms with Crippen molar-refractivity contribution in [2.75, 3.05) is 0 Å². The molecule has 1 N–H and O–H groups in total. The van der Waals surface area contributed by atoms with Crippen LogP contribution < -0.4 is 0 Å². The van der Waals surface area contributed by atoms with Crippen LogP contribution in [-0.4, -0.2) is 17.0 Å². The molecule has 0 radical (unpaired) electrons. The zero-order valence-corrected chi connectivity index (χ0v) is 6.34. The first-order chi connectivity index (χ1) is 4.70. The minimum Gasteiger partial charge on any atom is -0.386 e. The Bertz CT molecular complexity index is 125. The predicted octanol–water partition coefficient (Wildman–Crippen LogP) is 1.13. The van der Waals surface area contributed by atoms with Crippen LogP contribution in [0.1, 0.15) is 32.6 Å². The summed E-state index contributed by atoms with van der Waals surface area (Å²) in [5, 5.41) is 8.84. The Kier molecular flexibility index (Phi) is 2.44. The molecule has 0 aromatic carbocycles. The number of hydrogen-bond donors (Lipinski definition) is 1. The van der Waals surface area contributed by atoms with Crippen LogP contribution in [0, 0.1) is 5.92 Å². The summed E-state index contributed by atoms with van der Waals surface area (Å²) in [5.41, 5.74) is 0. The third kappa shape index (κ3) is 1.81. The van der Waals surface area contributed by atoms with Crippen LogP contribution >= 0.6 is 0 Å². The molecule has 0 aromatic heterocycles. The normalized spacial score (nSPS) is 21.8. The van der Waals surface area contributed by atoms with Gasteiger partial charge in [-0.15, -0.1) is 0 Å². The molecule has 0 saturated heterocycles. The SMILES string of the molecule is CC(O)C(=O)CC1CCC1. The molecule has 2 nitrogen and oxygen atoms in total. The number of aliphatic hydroxyl groups is 1. The van der Waals surface area contributed by atoms with E-state index in [1.807, 2.05) is 0 Å². The van der Waals surface area contributed by atoms with E-state index in [0.29, 0.717) is 12.3 Å². The second-order valence-electron chi connectivity index (χ2n) is 3.14. The monoisotopic (exact) mass is 142 g/mol. The summed E-state index contributed by atoms with van der Waals surface area (Å²) in [6.07, 6.45) is 3.47. The molecule has 58 valence electrons. The lowest BCUT2D eigenvalue weighted by Crippen LogP contribution is -2.22. The van der Waals surface area contributed by atoms with Crippen molar-refractivity contribution in [3.8, 4) is 0 Å². The minimum absolute atomic E-state index is 0.00435. The van der Waals surface area contributed by atoms with Gasteiger partial charge in [-0.05, 0) is 12.8 Å². The van der Waals surface area contributed by atoms with Crippen LogP contribution in [0.3, 0.4) is 0 Å². The molecule has 0 aliphatic heterocycles. The summed E-state index contributed by atoms with van der Waals surface area (Å²) < 4.78 is 0. The van der Waals surface area contributed by atoms with E-state index in [9.17, 15) is 4.79 Å². The van der Waals surface area contributed by atoms with Crippen molar-refractivity contribution in [1.29, 1.82) is 0 Å². The van der Waals surface area contributed by atoms with Gasteiger partial charge in [-0.1, -0.05) is 19.3 Å². The zero-order valence-electron chi connectivity index (χ0n) is 6.34. The number of Topliss-reactive ketones (excluding diaryl/α,β-unsaturated/α-hetero) is 1. The van der Waals surface area contributed by atoms with Gasteiger partial charge in [0.15, 0.2) is 5.78 Å². The highest BCUT2D eigenvalue weighted by atomic mass is 16.3. The van der Waals surface area contributed by atoms with Crippen molar-refractivity contribution in [1.82, 2.24) is 0 Å². The molecule has 0 spiro atoms. The quantitative estimate of drug-likeness (QED) is 0.641. The zero-order chi connectivity index (χ0) is 7.56. The molecule has 0 heterocycles. The highest BCUT2D eigenvalue weighted by molar-refractivity contribution is 5.82. The van der Waals surface area contributed by atoms with Gasteiger partial charge >= 0.3 is 0 Å². The fourth-order valence-corrected chi connectivity index (χ4v) is 1.15. The second kappa shape index (κ2) is 3.15. The topological polar surface area (TPSA) is 37.3 Å². The smallest absolute Gasteiger partial charge is 0.161 e. The van der Waals surface area contributed by atoms with Gasteiger partial charge in [0.2, 0.25) is 0 Å². The molecule has 1 aliphatic rings. The van der Waals surface area contributed by atoms with Crippen LogP contribution in [-0.2, 0) is 4.79 Å². The Morgan fingerprint density at radius 3 is 2.60 bits per heavy atom. The van der Waals surface area contributed by atoms with Crippen molar-refractivity contribution in [3.63, 3.8) is 0 Å². The molecule has 0 bridgehead atoms. The second-order valence-corrected chi connectivity index (χ2v) is 3.14. The third-order valence-corrected chi connectivity index (χ3v) is 2.18. The van der Waals surface area contributed by atoms with Crippen molar-refractivity contribution in [3.05, 3.63) is 0 Å². The van der Waals surface area contributed by atoms with E-state index in [1.54, 1.807) is 6.92 Å². The highest BCUT2D eigenvalue weighted by Crippen LogP contribution is 2.29. The molecule has 1 aliphatic carbocycles. The minimum atomic E-state index is -0.749. The van der Waals surface area contributed by atoms with Gasteiger partial charge in [-0.2, -0.15) is 0 Å². The number of aliphatic hydroxyl groups excluding tert-OH is 1. The van der Waals surface area contributed by atoms with Crippen LogP contribution in [0.15, 0.2) is 0 Å². The first kappa shape index (κ1) is 7.73. The van der Waals surface area contributed by atoms with E-state index in [0.717, 1.165) is 0 Å². The van der Waals surface area contributed by atoms with Crippen LogP contribution in [0.25, 0.3) is 0 Å². The van der Waals surface area contributed by atoms with Crippen molar-refractivity contribution < 1.29 is 9.90 Å². The van der Waals surface area contributed by atoms with Crippen molar-refractivity contribution in [2.24, 2.45) is 5.92 Å². The molecule has 1 unspecified atom stereocenters. The van der Waals surface area contributed by atoms with Gasteiger partial charge in [-0.3, -0.25) is 4.79 Å². The average Bonchev–Trinajstić information content (AvgIpc) is 1.77. The molecule has 1 fully saturated rings. The summed E-state index contributed by atoms with van der Waals surface area (Å²) in [5.74, 6) is 0.590. The summed E-state index contributed by atoms with van der Waals surface area (Å²) in [6.45, 7) is 1.54. The number of carbonyl (C=O) groups is 1. The maximum Gasteiger partial charge on any atom is 0.161 e. The summed E-state index contributed by atoms with van der Waals surface area (Å²) in [4.78, 5) is 10.9. The van der Waals surface area contributed by atoms with Crippen molar-refractivity contribution in [2.45, 2.75) is 38.7 Å². The van der Waals surface area contributed by atoms with E-state index in [-0.39, 0.29) is 5.78 Å². The lowest BCUT2D eigenvalue weighted by molar-refractivity contribution is -0.127. The van der Waals surface area contributed by atoms with E-state index >= 15 is 0 Å². The average molecular weight is 142 g/mol. The van der Waals surface area contributed by atoms with Crippen molar-refractivity contribution >= 4 is 5.78 Å². The van der Waals surface area contributed by atoms with E-state index in [4.69, 9.17) is 5.11 Å². The summed E-state index contributed by atoms with van der Waals surface area (Å²) in [6, 6.07) is 0. The molecule has 1 rings (SSSR count). The van der Waals surface area contributed by atoms with E-state index < -0.39 is 6.10 Å². The lowest BCUT2D eigenvalue weighted by atomic mass is 9.81. The van der Waals surface area contributed by atoms with Crippen LogP contribution in [0.4, 0.5) is 0 Å². The Morgan fingerprint density at radius 2 is 2.30 bits per heavy atom. The largest absolute Gasteiger partial charge is 0.386 e. The standard InChI is InChI=1S/C8H14O2/c1-6(9)8(10)5-7-3-2-4-7/h6-7,9H,2-5H2,1H3. The van der Waals surface area contributed by atoms with E-state index in [1.165, 1.54) is 19.3 Å². The fourth-order valence-electron chi connectivity index (χ4n) is 1.15. The number of carbonyl (C=O) groups excluding carboxylic acids is 1. The summed E-state index contributed by atoms with van der Waals surface area (Å²) in [7, 11) is 0. The molecule has 0 aromatic rings. The van der Waals surface area contributed by atoms with Gasteiger partial charge in [0.1, 0.15) is 6.10 Å². The van der Waals surface area contributed by atoms with Gasteiger partial charge in [0.25, 0.3) is 0 Å². The first-order valence-electron chi connectivity index (χ1n) is 3.91. The molecule has 1 saturated carbocycles. The Labute approximate surface area is 61.2 Å².